The molecule has 1 atom stereocenters. The molecule has 1 N–H and O–H groups in total. The lowest BCUT2D eigenvalue weighted by Crippen LogP contribution is -2.41. The number of nitrogens with one attached hydrogen (secondary N) is 1. The van der Waals surface area contributed by atoms with Crippen molar-refractivity contribution in [2.75, 3.05) is 34.4 Å². The molecule has 8 nitrogen and oxygen atoms in total. The van der Waals surface area contributed by atoms with Crippen LogP contribution in [-0.2, 0) is 14.8 Å². The molecule has 0 heterocycles. The Labute approximate surface area is 177 Å². The van der Waals surface area contributed by atoms with Crippen LogP contribution in [0.4, 0.5) is 0 Å². The van der Waals surface area contributed by atoms with Crippen LogP contribution in [0.25, 0.3) is 0 Å². The number of carbonyl (C=O) groups is 1. The van der Waals surface area contributed by atoms with E-state index in [0.29, 0.717) is 17.2 Å². The first-order valence-electron chi connectivity index (χ1n) is 9.42. The zero-order valence-corrected chi connectivity index (χ0v) is 18.7. The van der Waals surface area contributed by atoms with Crippen molar-refractivity contribution in [3.8, 4) is 17.2 Å². The Morgan fingerprint density at radius 1 is 1.00 bits per heavy atom. The number of sulfonamides is 1. The Kier molecular flexibility index (Phi) is 8.08. The highest BCUT2D eigenvalue weighted by atomic mass is 32.2. The SMILES string of the molecule is CCN(CC(=O)N[C@H](C)c1ccc(OC)c(OC)c1)S(=O)(=O)c1ccc(OC)cc1. The summed E-state index contributed by atoms with van der Waals surface area (Å²) in [5.41, 5.74) is 0.807. The molecule has 1 amide bonds. The van der Waals surface area contributed by atoms with Crippen molar-refractivity contribution in [1.82, 2.24) is 9.62 Å². The highest BCUT2D eigenvalue weighted by molar-refractivity contribution is 7.89. The predicted molar refractivity (Wildman–Crippen MR) is 114 cm³/mol. The summed E-state index contributed by atoms with van der Waals surface area (Å²) >= 11 is 0. The van der Waals surface area contributed by atoms with Gasteiger partial charge in [0.15, 0.2) is 11.5 Å². The smallest absolute Gasteiger partial charge is 0.243 e. The van der Waals surface area contributed by atoms with E-state index in [1.54, 1.807) is 38.3 Å². The van der Waals surface area contributed by atoms with E-state index in [4.69, 9.17) is 14.2 Å². The molecule has 0 spiro atoms. The Morgan fingerprint density at radius 2 is 1.63 bits per heavy atom. The number of ether oxygens (including phenoxy) is 3. The first-order valence-corrected chi connectivity index (χ1v) is 10.9. The van der Waals surface area contributed by atoms with Crippen molar-refractivity contribution in [2.24, 2.45) is 0 Å². The van der Waals surface area contributed by atoms with E-state index in [1.807, 2.05) is 13.0 Å². The van der Waals surface area contributed by atoms with Crippen LogP contribution >= 0.6 is 0 Å². The van der Waals surface area contributed by atoms with Gasteiger partial charge in [-0.15, -0.1) is 0 Å². The summed E-state index contributed by atoms with van der Waals surface area (Å²) in [5, 5.41) is 2.83. The highest BCUT2D eigenvalue weighted by Gasteiger charge is 2.26. The van der Waals surface area contributed by atoms with Crippen molar-refractivity contribution >= 4 is 15.9 Å². The molecule has 0 bridgehead atoms. The maximum atomic E-state index is 12.9. The standard InChI is InChI=1S/C21H28N2O6S/c1-6-23(30(25,26)18-10-8-17(27-3)9-11-18)14-21(24)22-15(2)16-7-12-19(28-4)20(13-16)29-5/h7-13,15H,6,14H2,1-5H3,(H,22,24)/t15-/m1/s1. The summed E-state index contributed by atoms with van der Waals surface area (Å²) < 4.78 is 42.5. The van der Waals surface area contributed by atoms with Gasteiger partial charge < -0.3 is 19.5 Å². The molecule has 9 heteroatoms. The van der Waals surface area contributed by atoms with Gasteiger partial charge in [0, 0.05) is 6.54 Å². The lowest BCUT2D eigenvalue weighted by molar-refractivity contribution is -0.121. The highest BCUT2D eigenvalue weighted by Crippen LogP contribution is 2.30. The first-order chi connectivity index (χ1) is 14.3. The van der Waals surface area contributed by atoms with Crippen LogP contribution in [0.2, 0.25) is 0 Å². The van der Waals surface area contributed by atoms with Crippen LogP contribution in [0.15, 0.2) is 47.4 Å². The number of carbonyl (C=O) groups excluding carboxylic acids is 1. The van der Waals surface area contributed by atoms with Gasteiger partial charge in [0.2, 0.25) is 15.9 Å². The minimum absolute atomic E-state index is 0.103. The molecule has 30 heavy (non-hydrogen) atoms. The molecule has 0 saturated carbocycles. The fourth-order valence-electron chi connectivity index (χ4n) is 2.92. The molecular formula is C21H28N2O6S. The molecule has 0 aromatic heterocycles. The van der Waals surface area contributed by atoms with Crippen molar-refractivity contribution in [3.63, 3.8) is 0 Å². The summed E-state index contributed by atoms with van der Waals surface area (Å²) in [5.74, 6) is 1.28. The van der Waals surface area contributed by atoms with Crippen molar-refractivity contribution < 1.29 is 27.4 Å². The van der Waals surface area contributed by atoms with Crippen LogP contribution in [0.1, 0.15) is 25.5 Å². The van der Waals surface area contributed by atoms with Gasteiger partial charge in [0.25, 0.3) is 0 Å². The average Bonchev–Trinajstić information content (AvgIpc) is 2.76. The van der Waals surface area contributed by atoms with Crippen LogP contribution in [0.3, 0.4) is 0 Å². The fraction of sp³-hybridized carbons (Fsp3) is 0.381. The summed E-state index contributed by atoms with van der Waals surface area (Å²) in [6, 6.07) is 11.1. The van der Waals surface area contributed by atoms with E-state index in [-0.39, 0.29) is 24.0 Å². The molecule has 164 valence electrons. The third kappa shape index (κ3) is 5.43. The van der Waals surface area contributed by atoms with Gasteiger partial charge in [-0.05, 0) is 48.9 Å². The van der Waals surface area contributed by atoms with E-state index < -0.39 is 15.9 Å². The molecule has 2 aromatic carbocycles. The van der Waals surface area contributed by atoms with Crippen LogP contribution in [-0.4, -0.2) is 53.0 Å². The second-order valence-electron chi connectivity index (χ2n) is 6.51. The van der Waals surface area contributed by atoms with Crippen LogP contribution in [0.5, 0.6) is 17.2 Å². The molecule has 0 radical (unpaired) electrons. The number of benzene rings is 2. The zero-order valence-electron chi connectivity index (χ0n) is 17.8. The van der Waals surface area contributed by atoms with E-state index in [0.717, 1.165) is 9.87 Å². The summed E-state index contributed by atoms with van der Waals surface area (Å²) in [6.07, 6.45) is 0. The van der Waals surface area contributed by atoms with Crippen molar-refractivity contribution in [1.29, 1.82) is 0 Å². The lowest BCUT2D eigenvalue weighted by Gasteiger charge is -2.22. The van der Waals surface area contributed by atoms with Crippen molar-refractivity contribution in [2.45, 2.75) is 24.8 Å². The van der Waals surface area contributed by atoms with E-state index >= 15 is 0 Å². The average molecular weight is 437 g/mol. The summed E-state index contributed by atoms with van der Waals surface area (Å²) in [7, 11) is 0.778. The van der Waals surface area contributed by atoms with Gasteiger partial charge in [-0.25, -0.2) is 8.42 Å². The van der Waals surface area contributed by atoms with E-state index in [1.165, 1.54) is 26.4 Å². The van der Waals surface area contributed by atoms with Crippen LogP contribution in [0, 0.1) is 0 Å². The summed E-state index contributed by atoms with van der Waals surface area (Å²) in [6.45, 7) is 3.37. The molecule has 0 aliphatic rings. The number of hydrogen-bond acceptors (Lipinski definition) is 6. The largest absolute Gasteiger partial charge is 0.497 e. The molecule has 0 saturated heterocycles. The second kappa shape index (κ2) is 10.3. The lowest BCUT2D eigenvalue weighted by atomic mass is 10.1. The molecule has 0 aliphatic carbocycles. The third-order valence-corrected chi connectivity index (χ3v) is 6.59. The normalized spacial score (nSPS) is 12.3. The monoisotopic (exact) mass is 436 g/mol. The number of nitrogens with zero attached hydrogens (tertiary/aromatic N) is 1. The van der Waals surface area contributed by atoms with Gasteiger partial charge >= 0.3 is 0 Å². The van der Waals surface area contributed by atoms with E-state index in [2.05, 4.69) is 5.32 Å². The Bertz CT molecular complexity index is 960. The number of hydrogen-bond donors (Lipinski definition) is 1. The van der Waals surface area contributed by atoms with Gasteiger partial charge in [-0.3, -0.25) is 4.79 Å². The third-order valence-electron chi connectivity index (χ3n) is 4.65. The van der Waals surface area contributed by atoms with Gasteiger partial charge in [-0.1, -0.05) is 13.0 Å². The molecule has 0 aliphatic heterocycles. The maximum Gasteiger partial charge on any atom is 0.243 e. The van der Waals surface area contributed by atoms with E-state index in [9.17, 15) is 13.2 Å². The number of amides is 1. The molecular weight excluding hydrogens is 408 g/mol. The quantitative estimate of drug-likeness (QED) is 0.615. The van der Waals surface area contributed by atoms with Crippen molar-refractivity contribution in [3.05, 3.63) is 48.0 Å². The van der Waals surface area contributed by atoms with Gasteiger partial charge in [-0.2, -0.15) is 4.31 Å². The number of rotatable bonds is 10. The summed E-state index contributed by atoms with van der Waals surface area (Å²) in [4.78, 5) is 12.7. The van der Waals surface area contributed by atoms with Gasteiger partial charge in [0.05, 0.1) is 38.8 Å². The Hall–Kier alpha value is -2.78. The first kappa shape index (κ1) is 23.5. The molecule has 0 fully saturated rings. The van der Waals surface area contributed by atoms with Crippen LogP contribution < -0.4 is 19.5 Å². The Balaban J connectivity index is 2.10. The number of methoxy groups -OCH3 is 3. The molecule has 2 rings (SSSR count). The topological polar surface area (TPSA) is 94.2 Å². The minimum Gasteiger partial charge on any atom is -0.497 e. The minimum atomic E-state index is -3.81. The zero-order chi connectivity index (χ0) is 22.3. The maximum absolute atomic E-state index is 12.9. The second-order valence-corrected chi connectivity index (χ2v) is 8.45. The van der Waals surface area contributed by atoms with Gasteiger partial charge in [0.1, 0.15) is 5.75 Å². The predicted octanol–water partition coefficient (Wildman–Crippen LogP) is 2.60. The number of likely N-dealkylation sites (N-methyl/N-ethyl adjacent to an activating group) is 1. The molecule has 0 unspecified atom stereocenters. The molecule has 2 aromatic rings. The fourth-order valence-corrected chi connectivity index (χ4v) is 4.32. The Morgan fingerprint density at radius 3 is 2.17 bits per heavy atom.